The van der Waals surface area contributed by atoms with E-state index >= 15 is 0 Å². The second kappa shape index (κ2) is 13.2. The van der Waals surface area contributed by atoms with Gasteiger partial charge in [-0.25, -0.2) is 5.09 Å². The quantitative estimate of drug-likeness (QED) is 0.213. The van der Waals surface area contributed by atoms with Crippen molar-refractivity contribution in [3.05, 3.63) is 57.2 Å². The van der Waals surface area contributed by atoms with E-state index in [2.05, 4.69) is 5.09 Å². The molecule has 0 bridgehead atoms. The topological polar surface area (TPSA) is 148 Å². The molecule has 13 heteroatoms. The van der Waals surface area contributed by atoms with Gasteiger partial charge in [0.05, 0.1) is 17.2 Å². The number of likely N-dealkylation sites (N-methyl/N-ethyl adjacent to an activating group) is 1. The fraction of sp³-hybridized carbons (Fsp3) is 0.448. The Labute approximate surface area is 248 Å². The van der Waals surface area contributed by atoms with Crippen LogP contribution in [0.4, 0.5) is 0 Å². The highest BCUT2D eigenvalue weighted by molar-refractivity contribution is 7.57. The standard InChI is InChI=1S/C29H36ClN2O9P/c1-16(2)39-29(36)17(3)31-42(37,15-38-5)41-25-13-21(33)26(19-10-11-32(4)14-23(19)35)28-27(25)22(34)12-24(40-28)18-8-6-7-9-20(18)30/h6-9,12-13,16-17,19,23,33,35H,10-11,14-15H2,1-5H3,(H,31,37)/t17?,19-,23+,42?/m1/s1. The molecule has 0 saturated carbocycles. The number of β-amino-alcohol motifs (C(OH)–C–C–N with tert-alkyl or cyclic N) is 1. The summed E-state index contributed by atoms with van der Waals surface area (Å²) in [4.78, 5) is 28.1. The minimum Gasteiger partial charge on any atom is -0.507 e. The Morgan fingerprint density at radius 1 is 1.26 bits per heavy atom. The molecule has 4 rings (SSSR count). The fourth-order valence-corrected chi connectivity index (χ4v) is 6.96. The average Bonchev–Trinajstić information content (AvgIpc) is 2.89. The van der Waals surface area contributed by atoms with Gasteiger partial charge < -0.3 is 33.5 Å². The lowest BCUT2D eigenvalue weighted by molar-refractivity contribution is -0.149. The van der Waals surface area contributed by atoms with Crippen molar-refractivity contribution >= 4 is 36.1 Å². The number of benzene rings is 2. The summed E-state index contributed by atoms with van der Waals surface area (Å²) >= 11 is 6.40. The molecule has 42 heavy (non-hydrogen) atoms. The van der Waals surface area contributed by atoms with Crippen molar-refractivity contribution in [3.63, 3.8) is 0 Å². The average molecular weight is 623 g/mol. The van der Waals surface area contributed by atoms with Crippen LogP contribution >= 0.6 is 19.1 Å². The molecule has 0 aliphatic carbocycles. The number of aliphatic hydroxyl groups excluding tert-OH is 1. The van der Waals surface area contributed by atoms with Crippen molar-refractivity contribution < 1.29 is 38.0 Å². The summed E-state index contributed by atoms with van der Waals surface area (Å²) in [6, 6.07) is 8.17. The number of esters is 1. The number of likely N-dealkylation sites (tertiary alicyclic amines) is 1. The Morgan fingerprint density at radius 2 is 1.98 bits per heavy atom. The molecule has 1 aromatic heterocycles. The largest absolute Gasteiger partial charge is 0.507 e. The van der Waals surface area contributed by atoms with Crippen LogP contribution in [0.15, 0.2) is 45.6 Å². The maximum Gasteiger partial charge on any atom is 0.342 e. The number of halogens is 1. The number of carbonyl (C=O) groups is 1. The van der Waals surface area contributed by atoms with Crippen LogP contribution in [-0.4, -0.2) is 72.9 Å². The number of hydrogen-bond donors (Lipinski definition) is 3. The maximum absolute atomic E-state index is 13.9. The Balaban J connectivity index is 1.89. The monoisotopic (exact) mass is 622 g/mol. The van der Waals surface area contributed by atoms with Gasteiger partial charge in [-0.1, -0.05) is 23.7 Å². The molecule has 4 atom stereocenters. The first-order valence-corrected chi connectivity index (χ1v) is 15.7. The number of ether oxygens (including phenoxy) is 2. The lowest BCUT2D eigenvalue weighted by Gasteiger charge is -2.34. The van der Waals surface area contributed by atoms with Crippen molar-refractivity contribution in [3.8, 4) is 22.8 Å². The maximum atomic E-state index is 13.9. The van der Waals surface area contributed by atoms with E-state index in [1.54, 1.807) is 38.1 Å². The Morgan fingerprint density at radius 3 is 2.62 bits per heavy atom. The number of fused-ring (bicyclic) bond motifs is 1. The number of nitrogens with one attached hydrogen (secondary N) is 1. The van der Waals surface area contributed by atoms with Gasteiger partial charge in [0.1, 0.15) is 40.6 Å². The lowest BCUT2D eigenvalue weighted by Crippen LogP contribution is -2.40. The van der Waals surface area contributed by atoms with E-state index < -0.39 is 49.4 Å². The summed E-state index contributed by atoms with van der Waals surface area (Å²) in [7, 11) is -0.844. The van der Waals surface area contributed by atoms with Crippen LogP contribution < -0.4 is 15.0 Å². The van der Waals surface area contributed by atoms with Gasteiger partial charge in [-0.05, 0) is 52.9 Å². The van der Waals surface area contributed by atoms with E-state index in [4.69, 9.17) is 30.0 Å². The third-order valence-corrected chi connectivity index (χ3v) is 9.12. The summed E-state index contributed by atoms with van der Waals surface area (Å²) in [6.45, 7) is 5.80. The second-order valence-electron chi connectivity index (χ2n) is 10.7. The van der Waals surface area contributed by atoms with Gasteiger partial charge in [-0.2, -0.15) is 0 Å². The summed E-state index contributed by atoms with van der Waals surface area (Å²) in [5.41, 5.74) is 0.0914. The highest BCUT2D eigenvalue weighted by Crippen LogP contribution is 2.49. The predicted octanol–water partition coefficient (Wildman–Crippen LogP) is 4.70. The van der Waals surface area contributed by atoms with Crippen LogP contribution in [0.5, 0.6) is 11.5 Å². The zero-order chi connectivity index (χ0) is 30.8. The molecule has 11 nitrogen and oxygen atoms in total. The molecular weight excluding hydrogens is 587 g/mol. The minimum atomic E-state index is -4.03. The van der Waals surface area contributed by atoms with Crippen molar-refractivity contribution in [1.82, 2.24) is 9.99 Å². The zero-order valence-electron chi connectivity index (χ0n) is 24.1. The third-order valence-electron chi connectivity index (χ3n) is 6.92. The number of aromatic hydroxyl groups is 1. The Hall–Kier alpha value is -2.92. The van der Waals surface area contributed by atoms with Crippen molar-refractivity contribution in [1.29, 1.82) is 0 Å². The molecule has 2 unspecified atom stereocenters. The number of rotatable bonds is 10. The summed E-state index contributed by atoms with van der Waals surface area (Å²) in [5, 5.41) is 25.2. The van der Waals surface area contributed by atoms with Crippen LogP contribution in [0, 0.1) is 0 Å². The van der Waals surface area contributed by atoms with Crippen molar-refractivity contribution in [2.45, 2.75) is 51.4 Å². The van der Waals surface area contributed by atoms with E-state index in [9.17, 15) is 24.4 Å². The molecule has 0 radical (unpaired) electrons. The second-order valence-corrected chi connectivity index (χ2v) is 13.2. The number of piperidine rings is 1. The highest BCUT2D eigenvalue weighted by Gasteiger charge is 2.36. The van der Waals surface area contributed by atoms with E-state index in [-0.39, 0.29) is 33.8 Å². The van der Waals surface area contributed by atoms with E-state index in [0.29, 0.717) is 30.1 Å². The smallest absolute Gasteiger partial charge is 0.342 e. The normalized spacial score (nSPS) is 19.9. The van der Waals surface area contributed by atoms with Gasteiger partial charge in [0.15, 0.2) is 5.43 Å². The number of hydrogen-bond acceptors (Lipinski definition) is 10. The number of carbonyl (C=O) groups excluding carboxylic acids is 1. The van der Waals surface area contributed by atoms with Crippen LogP contribution in [0.1, 0.15) is 38.7 Å². The van der Waals surface area contributed by atoms with Gasteiger partial charge in [0.25, 0.3) is 0 Å². The molecular formula is C29H36ClN2O9P. The number of phenols is 1. The molecule has 0 spiro atoms. The molecule has 228 valence electrons. The first-order chi connectivity index (χ1) is 19.8. The minimum absolute atomic E-state index is 0.0303. The first-order valence-electron chi connectivity index (χ1n) is 13.5. The molecule has 0 amide bonds. The number of methoxy groups -OCH3 is 1. The van der Waals surface area contributed by atoms with Gasteiger partial charge in [0.2, 0.25) is 0 Å². The van der Waals surface area contributed by atoms with Crippen molar-refractivity contribution in [2.24, 2.45) is 0 Å². The molecule has 2 aromatic carbocycles. The lowest BCUT2D eigenvalue weighted by atomic mass is 9.85. The third kappa shape index (κ3) is 6.99. The molecule has 1 aliphatic heterocycles. The number of aliphatic hydroxyl groups is 1. The highest BCUT2D eigenvalue weighted by atomic mass is 35.5. The summed E-state index contributed by atoms with van der Waals surface area (Å²) in [6.07, 6.45) is -1.26. The molecule has 3 aromatic rings. The van der Waals surface area contributed by atoms with Gasteiger partial charge in [-0.15, -0.1) is 0 Å². The van der Waals surface area contributed by atoms with Gasteiger partial charge in [0, 0.05) is 42.8 Å². The SMILES string of the molecule is COCP(=O)(NC(C)C(=O)OC(C)C)Oc1cc(O)c([C@@H]2CCN(C)C[C@@H]2O)c2oc(-c3ccccc3Cl)cc(=O)c12. The molecule has 1 fully saturated rings. The fourth-order valence-electron chi connectivity index (χ4n) is 5.06. The first kappa shape index (κ1) is 32.0. The zero-order valence-corrected chi connectivity index (χ0v) is 25.8. The van der Waals surface area contributed by atoms with E-state index in [0.717, 1.165) is 0 Å². The van der Waals surface area contributed by atoms with Crippen LogP contribution in [0.25, 0.3) is 22.3 Å². The Kier molecular flexibility index (Phi) is 10.0. The van der Waals surface area contributed by atoms with Crippen LogP contribution in [-0.2, 0) is 18.8 Å². The number of phenolic OH excluding ortho intramolecular Hbond substituents is 1. The van der Waals surface area contributed by atoms with E-state index in [1.807, 2.05) is 11.9 Å². The molecule has 2 heterocycles. The Bertz CT molecular complexity index is 1560. The predicted molar refractivity (Wildman–Crippen MR) is 159 cm³/mol. The summed E-state index contributed by atoms with van der Waals surface area (Å²) < 4.78 is 36.4. The van der Waals surface area contributed by atoms with E-state index in [1.165, 1.54) is 26.2 Å². The van der Waals surface area contributed by atoms with Crippen LogP contribution in [0.3, 0.4) is 0 Å². The van der Waals surface area contributed by atoms with Gasteiger partial charge in [-0.3, -0.25) is 14.2 Å². The molecule has 1 aliphatic rings. The van der Waals surface area contributed by atoms with Crippen molar-refractivity contribution in [2.75, 3.05) is 33.6 Å². The molecule has 3 N–H and O–H groups in total. The number of nitrogens with zero attached hydrogens (tertiary/aromatic N) is 1. The van der Waals surface area contributed by atoms with Crippen LogP contribution in [0.2, 0.25) is 5.02 Å². The molecule has 1 saturated heterocycles. The summed E-state index contributed by atoms with van der Waals surface area (Å²) in [5.74, 6) is -1.65. The van der Waals surface area contributed by atoms with Gasteiger partial charge >= 0.3 is 13.5 Å².